The highest BCUT2D eigenvalue weighted by molar-refractivity contribution is 7.91. The molecule has 5 rings (SSSR count). The molecular weight excluding hydrogens is 505 g/mol. The van der Waals surface area contributed by atoms with Gasteiger partial charge in [0.1, 0.15) is 24.2 Å². The number of sulfonamides is 1. The predicted molar refractivity (Wildman–Crippen MR) is 143 cm³/mol. The third-order valence-electron chi connectivity index (χ3n) is 7.64. The first-order valence-corrected chi connectivity index (χ1v) is 14.4. The molecule has 0 amide bonds. The minimum absolute atomic E-state index is 0.0164. The minimum Gasteiger partial charge on any atom is -0.487 e. The number of hydrogen-bond acceptors (Lipinski definition) is 7. The second-order valence-corrected chi connectivity index (χ2v) is 12.6. The Morgan fingerprint density at radius 2 is 1.87 bits per heavy atom. The van der Waals surface area contributed by atoms with Gasteiger partial charge in [0.05, 0.1) is 23.2 Å². The summed E-state index contributed by atoms with van der Waals surface area (Å²) < 4.78 is 46.2. The zero-order valence-electron chi connectivity index (χ0n) is 21.7. The van der Waals surface area contributed by atoms with Crippen molar-refractivity contribution in [3.63, 3.8) is 0 Å². The Morgan fingerprint density at radius 3 is 2.47 bits per heavy atom. The first-order valence-electron chi connectivity index (χ1n) is 12.5. The maximum absolute atomic E-state index is 15.4. The molecule has 0 bridgehead atoms. The molecule has 1 aromatic heterocycles. The van der Waals surface area contributed by atoms with E-state index in [2.05, 4.69) is 20.8 Å². The van der Waals surface area contributed by atoms with Gasteiger partial charge in [0.25, 0.3) is 0 Å². The molecule has 1 spiro atoms. The molecule has 198 valence electrons. The number of rotatable bonds is 8. The largest absolute Gasteiger partial charge is 0.487 e. The van der Waals surface area contributed by atoms with Crippen molar-refractivity contribution in [1.29, 1.82) is 5.26 Å². The lowest BCUT2D eigenvalue weighted by molar-refractivity contribution is 0.0897. The van der Waals surface area contributed by atoms with Gasteiger partial charge in [0.2, 0.25) is 16.0 Å². The maximum Gasteiger partial charge on any atom is 0.236 e. The third-order valence-corrected chi connectivity index (χ3v) is 8.19. The van der Waals surface area contributed by atoms with Crippen LogP contribution in [0, 0.1) is 22.6 Å². The van der Waals surface area contributed by atoms with Crippen molar-refractivity contribution in [2.45, 2.75) is 45.1 Å². The molecule has 1 aliphatic carbocycles. The van der Waals surface area contributed by atoms with Crippen molar-refractivity contribution in [3.8, 4) is 11.8 Å². The van der Waals surface area contributed by atoms with E-state index in [1.54, 1.807) is 12.1 Å². The smallest absolute Gasteiger partial charge is 0.236 e. The molecule has 2 aromatic carbocycles. The third kappa shape index (κ3) is 5.16. The van der Waals surface area contributed by atoms with Crippen LogP contribution in [-0.2, 0) is 22.0 Å². The zero-order chi connectivity index (χ0) is 27.1. The van der Waals surface area contributed by atoms with E-state index in [9.17, 15) is 13.7 Å². The van der Waals surface area contributed by atoms with E-state index in [0.29, 0.717) is 28.1 Å². The lowest BCUT2D eigenvalue weighted by Gasteiger charge is -2.57. The Kier molecular flexibility index (Phi) is 6.51. The fourth-order valence-electron chi connectivity index (χ4n) is 5.26. The molecule has 8 nitrogen and oxygen atoms in total. The summed E-state index contributed by atoms with van der Waals surface area (Å²) in [4.78, 5) is 10.1. The van der Waals surface area contributed by atoms with Gasteiger partial charge in [-0.05, 0) is 54.3 Å². The Balaban J connectivity index is 1.29. The van der Waals surface area contributed by atoms with Gasteiger partial charge in [-0.1, -0.05) is 32.4 Å². The van der Waals surface area contributed by atoms with E-state index in [0.717, 1.165) is 30.5 Å². The molecule has 2 aliphatic rings. The van der Waals surface area contributed by atoms with Crippen LogP contribution in [0.15, 0.2) is 48.7 Å². The van der Waals surface area contributed by atoms with Crippen LogP contribution in [0.5, 0.6) is 5.75 Å². The Bertz CT molecular complexity index is 1500. The molecule has 0 atom stereocenters. The second-order valence-electron chi connectivity index (χ2n) is 10.9. The maximum atomic E-state index is 15.4. The van der Waals surface area contributed by atoms with E-state index < -0.39 is 15.4 Å². The predicted octanol–water partition coefficient (Wildman–Crippen LogP) is 4.75. The van der Waals surface area contributed by atoms with Crippen LogP contribution in [-0.4, -0.2) is 37.7 Å². The highest BCUT2D eigenvalue weighted by Gasteiger charge is 2.48. The van der Waals surface area contributed by atoms with Gasteiger partial charge in [-0.25, -0.2) is 22.8 Å². The number of ether oxygens (including phenoxy) is 1. The highest BCUT2D eigenvalue weighted by Crippen LogP contribution is 2.50. The molecule has 1 saturated heterocycles. The van der Waals surface area contributed by atoms with Gasteiger partial charge >= 0.3 is 0 Å². The van der Waals surface area contributed by atoms with Crippen molar-refractivity contribution >= 4 is 21.7 Å². The van der Waals surface area contributed by atoms with Crippen molar-refractivity contribution in [2.75, 3.05) is 29.0 Å². The van der Waals surface area contributed by atoms with Gasteiger partial charge in [0, 0.05) is 30.1 Å². The molecule has 2 heterocycles. The summed E-state index contributed by atoms with van der Waals surface area (Å²) in [6.07, 6.45) is 6.11. The SMILES string of the molecule is CC(C)(c1ccc(OCc2ccnc(NS(C)(=O)=O)n2)cc1)c1cc(F)c(N2CC3(CCC3)C2)c(C#N)c1. The van der Waals surface area contributed by atoms with Crippen LogP contribution in [0.1, 0.15) is 55.5 Å². The number of benzene rings is 2. The summed E-state index contributed by atoms with van der Waals surface area (Å²) in [6, 6.07) is 14.7. The lowest BCUT2D eigenvalue weighted by atomic mass is 9.63. The number of aromatic nitrogens is 2. The molecule has 2 fully saturated rings. The zero-order valence-corrected chi connectivity index (χ0v) is 22.5. The monoisotopic (exact) mass is 535 g/mol. The Morgan fingerprint density at radius 1 is 1.16 bits per heavy atom. The van der Waals surface area contributed by atoms with Crippen molar-refractivity contribution in [1.82, 2.24) is 9.97 Å². The summed E-state index contributed by atoms with van der Waals surface area (Å²) in [6.45, 7) is 5.78. The van der Waals surface area contributed by atoms with Gasteiger partial charge in [0.15, 0.2) is 0 Å². The second kappa shape index (κ2) is 9.55. The molecule has 3 aromatic rings. The van der Waals surface area contributed by atoms with Crippen LogP contribution < -0.4 is 14.4 Å². The standard InChI is InChI=1S/C28H30FN5O3S/c1-27(2,21-13-19(15-30)25(24(29)14-21)34-17-28(18-34)10-4-11-28)20-5-7-23(8-6-20)37-16-22-9-12-31-26(32-22)33-38(3,35)36/h5-9,12-14H,4,10-11,16-18H2,1-3H3,(H,31,32,33). The molecule has 1 aliphatic heterocycles. The molecule has 10 heteroatoms. The molecule has 0 radical (unpaired) electrons. The van der Waals surface area contributed by atoms with E-state index >= 15 is 4.39 Å². The number of nitrogens with one attached hydrogen (secondary N) is 1. The molecule has 1 saturated carbocycles. The van der Waals surface area contributed by atoms with Crippen molar-refractivity contribution in [3.05, 3.63) is 76.9 Å². The average molecular weight is 536 g/mol. The summed E-state index contributed by atoms with van der Waals surface area (Å²) in [5.41, 5.74) is 2.77. The molecule has 1 N–H and O–H groups in total. The van der Waals surface area contributed by atoms with E-state index in [1.165, 1.54) is 25.5 Å². The number of nitriles is 1. The van der Waals surface area contributed by atoms with E-state index in [-0.39, 0.29) is 18.4 Å². The number of anilines is 2. The van der Waals surface area contributed by atoms with Crippen LogP contribution in [0.25, 0.3) is 0 Å². The quantitative estimate of drug-likeness (QED) is 0.443. The van der Waals surface area contributed by atoms with Crippen LogP contribution in [0.2, 0.25) is 0 Å². The van der Waals surface area contributed by atoms with Gasteiger partial charge in [-0.3, -0.25) is 4.72 Å². The molecular formula is C28H30FN5O3S. The molecule has 0 unspecified atom stereocenters. The topological polar surface area (TPSA) is 108 Å². The lowest BCUT2D eigenvalue weighted by Crippen LogP contribution is -2.60. The number of halogens is 1. The first-order chi connectivity index (χ1) is 18.0. The van der Waals surface area contributed by atoms with Gasteiger partial charge in [-0.2, -0.15) is 5.26 Å². The summed E-state index contributed by atoms with van der Waals surface area (Å²) >= 11 is 0. The Hall–Kier alpha value is -3.71. The highest BCUT2D eigenvalue weighted by atomic mass is 32.2. The van der Waals surface area contributed by atoms with Crippen molar-refractivity contribution in [2.24, 2.45) is 5.41 Å². The van der Waals surface area contributed by atoms with Crippen LogP contribution >= 0.6 is 0 Å². The minimum atomic E-state index is -3.48. The Labute approximate surface area is 222 Å². The van der Waals surface area contributed by atoms with E-state index in [1.807, 2.05) is 49.1 Å². The summed E-state index contributed by atoms with van der Waals surface area (Å²) in [5.74, 6) is 0.232. The summed E-state index contributed by atoms with van der Waals surface area (Å²) in [5, 5.41) is 9.83. The number of hydrogen-bond donors (Lipinski definition) is 1. The van der Waals surface area contributed by atoms with E-state index in [4.69, 9.17) is 4.74 Å². The fourth-order valence-corrected chi connectivity index (χ4v) is 5.69. The van der Waals surface area contributed by atoms with Crippen molar-refractivity contribution < 1.29 is 17.5 Å². The average Bonchev–Trinajstić information content (AvgIpc) is 2.81. The van der Waals surface area contributed by atoms with Gasteiger partial charge < -0.3 is 9.64 Å². The summed E-state index contributed by atoms with van der Waals surface area (Å²) in [7, 11) is -3.48. The number of nitrogens with zero attached hydrogens (tertiary/aromatic N) is 4. The first kappa shape index (κ1) is 25.9. The van der Waals surface area contributed by atoms with Crippen LogP contribution in [0.4, 0.5) is 16.0 Å². The van der Waals surface area contributed by atoms with Gasteiger partial charge in [-0.15, -0.1) is 0 Å². The fraction of sp³-hybridized carbons (Fsp3) is 0.393. The molecule has 38 heavy (non-hydrogen) atoms. The normalized spacial score (nSPS) is 16.3. The van der Waals surface area contributed by atoms with Crippen LogP contribution in [0.3, 0.4) is 0 Å².